The lowest BCUT2D eigenvalue weighted by atomic mass is 10.3. The Balaban J connectivity index is 1.95. The molecule has 2 aromatic carbocycles. The van der Waals surface area contributed by atoms with Gasteiger partial charge in [-0.2, -0.15) is 0 Å². The molecule has 0 radical (unpaired) electrons. The van der Waals surface area contributed by atoms with Gasteiger partial charge in [-0.25, -0.2) is 4.99 Å². The summed E-state index contributed by atoms with van der Waals surface area (Å²) in [6.45, 7) is 0.441. The standard InChI is InChI=1S/C15H12Cl4N4O/c16-8-5-11(18)15(12(19)6-8)22-4-3-14(23(22)24)21-13-7-9(20)1-2-10(13)17/h1-2,5-7,24H,3-4,20H2. The van der Waals surface area contributed by atoms with Crippen LogP contribution in [-0.4, -0.2) is 22.8 Å². The van der Waals surface area contributed by atoms with E-state index in [9.17, 15) is 5.21 Å². The Kier molecular flexibility index (Phi) is 4.99. The predicted molar refractivity (Wildman–Crippen MR) is 100 cm³/mol. The average Bonchev–Trinajstić information content (AvgIpc) is 2.84. The molecule has 9 heteroatoms. The van der Waals surface area contributed by atoms with E-state index in [4.69, 9.17) is 52.1 Å². The third-order valence-corrected chi connectivity index (χ3v) is 4.58. The van der Waals surface area contributed by atoms with Crippen molar-refractivity contribution in [2.24, 2.45) is 4.99 Å². The first-order valence-electron chi connectivity index (χ1n) is 6.90. The van der Waals surface area contributed by atoms with Gasteiger partial charge in [-0.3, -0.25) is 10.2 Å². The van der Waals surface area contributed by atoms with E-state index in [0.29, 0.717) is 56.0 Å². The number of hydrogen-bond acceptors (Lipinski definition) is 4. The number of nitrogen functional groups attached to an aromatic ring is 1. The summed E-state index contributed by atoms with van der Waals surface area (Å²) in [5, 5.41) is 14.4. The van der Waals surface area contributed by atoms with Crippen LogP contribution in [0.4, 0.5) is 17.1 Å². The molecule has 2 aromatic rings. The lowest BCUT2D eigenvalue weighted by Gasteiger charge is -2.27. The number of nitrogens with zero attached hydrogens (tertiary/aromatic N) is 3. The number of amidine groups is 1. The smallest absolute Gasteiger partial charge is 0.155 e. The molecule has 0 atom stereocenters. The minimum absolute atomic E-state index is 0.329. The molecule has 0 unspecified atom stereocenters. The molecule has 24 heavy (non-hydrogen) atoms. The number of halogens is 4. The van der Waals surface area contributed by atoms with Gasteiger partial charge in [0.2, 0.25) is 0 Å². The van der Waals surface area contributed by atoms with Crippen LogP contribution in [0, 0.1) is 0 Å². The Bertz CT molecular complexity index is 804. The van der Waals surface area contributed by atoms with Crippen molar-refractivity contribution in [2.75, 3.05) is 17.3 Å². The van der Waals surface area contributed by atoms with Crippen molar-refractivity contribution < 1.29 is 5.21 Å². The van der Waals surface area contributed by atoms with Gasteiger partial charge < -0.3 is 5.73 Å². The van der Waals surface area contributed by atoms with E-state index in [1.54, 1.807) is 30.3 Å². The molecular formula is C15H12Cl4N4O. The maximum atomic E-state index is 10.4. The number of anilines is 2. The van der Waals surface area contributed by atoms with Crippen LogP contribution in [-0.2, 0) is 0 Å². The second-order valence-electron chi connectivity index (χ2n) is 5.12. The van der Waals surface area contributed by atoms with Crippen LogP contribution in [0.1, 0.15) is 6.42 Å². The molecule has 0 saturated carbocycles. The molecule has 1 aliphatic rings. The number of benzene rings is 2. The Hall–Kier alpha value is -1.37. The number of hydrazine groups is 1. The minimum Gasteiger partial charge on any atom is -0.399 e. The van der Waals surface area contributed by atoms with Crippen LogP contribution in [0.3, 0.4) is 0 Å². The Morgan fingerprint density at radius 2 is 1.67 bits per heavy atom. The second kappa shape index (κ2) is 6.86. The van der Waals surface area contributed by atoms with E-state index in [0.717, 1.165) is 5.17 Å². The lowest BCUT2D eigenvalue weighted by Crippen LogP contribution is -2.36. The van der Waals surface area contributed by atoms with Crippen LogP contribution in [0.2, 0.25) is 20.1 Å². The lowest BCUT2D eigenvalue weighted by molar-refractivity contribution is -0.0153. The number of aliphatic imine (C=N–C) groups is 1. The first-order valence-corrected chi connectivity index (χ1v) is 8.41. The van der Waals surface area contributed by atoms with E-state index in [1.807, 2.05) is 0 Å². The monoisotopic (exact) mass is 404 g/mol. The van der Waals surface area contributed by atoms with Crippen molar-refractivity contribution in [1.82, 2.24) is 5.17 Å². The topological polar surface area (TPSA) is 65.1 Å². The summed E-state index contributed by atoms with van der Waals surface area (Å²) in [5.74, 6) is 0.393. The zero-order valence-corrected chi connectivity index (χ0v) is 15.2. The molecule has 1 saturated heterocycles. The summed E-state index contributed by atoms with van der Waals surface area (Å²) >= 11 is 24.4. The predicted octanol–water partition coefficient (Wildman–Crippen LogP) is 5.43. The molecule has 1 heterocycles. The van der Waals surface area contributed by atoms with Crippen molar-refractivity contribution in [1.29, 1.82) is 0 Å². The largest absolute Gasteiger partial charge is 0.399 e. The van der Waals surface area contributed by atoms with Crippen LogP contribution < -0.4 is 10.7 Å². The highest BCUT2D eigenvalue weighted by Crippen LogP contribution is 2.39. The van der Waals surface area contributed by atoms with Crippen LogP contribution in [0.15, 0.2) is 35.3 Å². The van der Waals surface area contributed by atoms with E-state index in [1.165, 1.54) is 5.01 Å². The van der Waals surface area contributed by atoms with Gasteiger partial charge in [-0.05, 0) is 30.3 Å². The Morgan fingerprint density at radius 3 is 2.33 bits per heavy atom. The molecule has 0 amide bonds. The third kappa shape index (κ3) is 3.36. The molecule has 0 spiro atoms. The summed E-state index contributed by atoms with van der Waals surface area (Å²) < 4.78 is 0. The number of nitrogens with two attached hydrogens (primary N) is 1. The van der Waals surface area contributed by atoms with E-state index >= 15 is 0 Å². The molecular weight excluding hydrogens is 394 g/mol. The minimum atomic E-state index is 0.329. The summed E-state index contributed by atoms with van der Waals surface area (Å²) in [7, 11) is 0. The Morgan fingerprint density at radius 1 is 1.00 bits per heavy atom. The first-order chi connectivity index (χ1) is 11.4. The van der Waals surface area contributed by atoms with Crippen LogP contribution in [0.5, 0.6) is 0 Å². The zero-order valence-electron chi connectivity index (χ0n) is 12.2. The summed E-state index contributed by atoms with van der Waals surface area (Å²) in [4.78, 5) is 4.38. The SMILES string of the molecule is Nc1ccc(Cl)c(N=C2CCN(c3c(Cl)cc(Cl)cc3Cl)N2O)c1. The van der Waals surface area contributed by atoms with Crippen molar-refractivity contribution >= 4 is 69.3 Å². The fourth-order valence-electron chi connectivity index (χ4n) is 2.38. The normalized spacial score (nSPS) is 16.3. The van der Waals surface area contributed by atoms with Crippen molar-refractivity contribution in [3.8, 4) is 0 Å². The fourth-order valence-corrected chi connectivity index (χ4v) is 3.55. The van der Waals surface area contributed by atoms with Crippen molar-refractivity contribution in [2.45, 2.75) is 6.42 Å². The zero-order chi connectivity index (χ0) is 17.4. The summed E-state index contributed by atoms with van der Waals surface area (Å²) in [6.07, 6.45) is 0.469. The molecule has 3 N–H and O–H groups in total. The summed E-state index contributed by atoms with van der Waals surface area (Å²) in [6, 6.07) is 8.08. The molecule has 3 rings (SSSR count). The van der Waals surface area contributed by atoms with Crippen LogP contribution in [0.25, 0.3) is 0 Å². The molecule has 5 nitrogen and oxygen atoms in total. The first kappa shape index (κ1) is 17.5. The fraction of sp³-hybridized carbons (Fsp3) is 0.133. The van der Waals surface area contributed by atoms with Crippen molar-refractivity contribution in [3.05, 3.63) is 50.4 Å². The Labute approximate surface area is 158 Å². The van der Waals surface area contributed by atoms with Gasteiger partial charge in [0.25, 0.3) is 0 Å². The van der Waals surface area contributed by atoms with Crippen LogP contribution >= 0.6 is 46.4 Å². The van der Waals surface area contributed by atoms with E-state index in [2.05, 4.69) is 4.99 Å². The third-order valence-electron chi connectivity index (χ3n) is 3.47. The number of hydroxylamine groups is 1. The number of rotatable bonds is 2. The molecule has 1 fully saturated rings. The van der Waals surface area contributed by atoms with Gasteiger partial charge in [0, 0.05) is 23.7 Å². The molecule has 0 bridgehead atoms. The van der Waals surface area contributed by atoms with Gasteiger partial charge in [0.05, 0.1) is 26.4 Å². The van der Waals surface area contributed by atoms with Gasteiger partial charge in [0.1, 0.15) is 0 Å². The molecule has 0 aromatic heterocycles. The highest BCUT2D eigenvalue weighted by Gasteiger charge is 2.30. The quantitative estimate of drug-likeness (QED) is 0.653. The van der Waals surface area contributed by atoms with Crippen molar-refractivity contribution in [3.63, 3.8) is 0 Å². The molecule has 0 aliphatic carbocycles. The van der Waals surface area contributed by atoms with E-state index < -0.39 is 0 Å². The van der Waals surface area contributed by atoms with Gasteiger partial charge >= 0.3 is 0 Å². The summed E-state index contributed by atoms with van der Waals surface area (Å²) in [5.41, 5.74) is 7.20. The maximum Gasteiger partial charge on any atom is 0.155 e. The second-order valence-corrected chi connectivity index (χ2v) is 6.78. The van der Waals surface area contributed by atoms with Gasteiger partial charge in [-0.1, -0.05) is 46.4 Å². The molecule has 1 aliphatic heterocycles. The van der Waals surface area contributed by atoms with Gasteiger partial charge in [-0.15, -0.1) is 5.17 Å². The van der Waals surface area contributed by atoms with Gasteiger partial charge in [0.15, 0.2) is 5.84 Å². The highest BCUT2D eigenvalue weighted by molar-refractivity contribution is 6.41. The average molecular weight is 406 g/mol. The maximum absolute atomic E-state index is 10.4. The van der Waals surface area contributed by atoms with E-state index in [-0.39, 0.29) is 0 Å². The highest BCUT2D eigenvalue weighted by atomic mass is 35.5. The number of hydrogen-bond donors (Lipinski definition) is 2. The molecule has 126 valence electrons.